The van der Waals surface area contributed by atoms with Crippen LogP contribution in [0.1, 0.15) is 18.4 Å². The lowest BCUT2D eigenvalue weighted by Crippen LogP contribution is -2.25. The summed E-state index contributed by atoms with van der Waals surface area (Å²) in [5, 5.41) is 3.42. The molecule has 0 saturated carbocycles. The number of ether oxygens (including phenoxy) is 2. The summed E-state index contributed by atoms with van der Waals surface area (Å²) in [7, 11) is 1.70. The molecule has 0 aliphatic carbocycles. The summed E-state index contributed by atoms with van der Waals surface area (Å²) < 4.78 is 12.0. The quantitative estimate of drug-likeness (QED) is 0.907. The lowest BCUT2D eigenvalue weighted by molar-refractivity contribution is 0.110. The van der Waals surface area contributed by atoms with Crippen LogP contribution in [0.4, 0.5) is 0 Å². The van der Waals surface area contributed by atoms with Gasteiger partial charge in [0.25, 0.3) is 0 Å². The molecule has 1 aliphatic heterocycles. The van der Waals surface area contributed by atoms with Crippen molar-refractivity contribution in [2.75, 3.05) is 20.3 Å². The van der Waals surface area contributed by atoms with Gasteiger partial charge in [-0.15, -0.1) is 0 Å². The van der Waals surface area contributed by atoms with E-state index < -0.39 is 0 Å². The molecule has 0 bridgehead atoms. The van der Waals surface area contributed by atoms with Gasteiger partial charge in [0.05, 0.1) is 13.2 Å². The van der Waals surface area contributed by atoms with Crippen LogP contribution in [0.15, 0.2) is 22.7 Å². The summed E-state index contributed by atoms with van der Waals surface area (Å²) in [6.07, 6.45) is 2.74. The van der Waals surface area contributed by atoms with Gasteiger partial charge in [0, 0.05) is 29.7 Å². The van der Waals surface area contributed by atoms with Crippen LogP contribution < -0.4 is 10.1 Å². The Labute approximate surface area is 111 Å². The van der Waals surface area contributed by atoms with Crippen molar-refractivity contribution in [3.63, 3.8) is 0 Å². The number of benzene rings is 1. The van der Waals surface area contributed by atoms with Crippen LogP contribution >= 0.6 is 15.9 Å². The molecule has 1 heterocycles. The maximum atomic E-state index is 5.57. The Morgan fingerprint density at radius 1 is 1.53 bits per heavy atom. The fourth-order valence-corrected chi connectivity index (χ4v) is 2.47. The van der Waals surface area contributed by atoms with Crippen LogP contribution in [0, 0.1) is 0 Å². The largest absolute Gasteiger partial charge is 0.496 e. The summed E-state index contributed by atoms with van der Waals surface area (Å²) in [5.41, 5.74) is 1.17. The summed E-state index contributed by atoms with van der Waals surface area (Å²) >= 11 is 3.48. The van der Waals surface area contributed by atoms with Crippen molar-refractivity contribution in [1.29, 1.82) is 0 Å². The van der Waals surface area contributed by atoms with Crippen molar-refractivity contribution in [2.45, 2.75) is 25.5 Å². The van der Waals surface area contributed by atoms with Crippen molar-refractivity contribution < 1.29 is 9.47 Å². The third-order valence-electron chi connectivity index (χ3n) is 2.95. The van der Waals surface area contributed by atoms with Gasteiger partial charge < -0.3 is 14.8 Å². The molecule has 0 radical (unpaired) electrons. The highest BCUT2D eigenvalue weighted by atomic mass is 79.9. The Kier molecular flexibility index (Phi) is 4.83. The predicted octanol–water partition coefficient (Wildman–Crippen LogP) is 2.73. The minimum absolute atomic E-state index is 0.383. The SMILES string of the molecule is COc1ccc(Br)cc1CNCC1CCCO1. The Balaban J connectivity index is 1.86. The molecule has 17 heavy (non-hydrogen) atoms. The van der Waals surface area contributed by atoms with Crippen molar-refractivity contribution in [3.8, 4) is 5.75 Å². The van der Waals surface area contributed by atoms with E-state index in [0.29, 0.717) is 6.10 Å². The van der Waals surface area contributed by atoms with Gasteiger partial charge in [-0.1, -0.05) is 15.9 Å². The first-order valence-electron chi connectivity index (χ1n) is 5.94. The fraction of sp³-hybridized carbons (Fsp3) is 0.538. The molecule has 3 nitrogen and oxygen atoms in total. The second kappa shape index (κ2) is 6.38. The summed E-state index contributed by atoms with van der Waals surface area (Å²) in [5.74, 6) is 0.924. The molecule has 0 amide bonds. The van der Waals surface area contributed by atoms with E-state index in [1.807, 2.05) is 12.1 Å². The zero-order valence-electron chi connectivity index (χ0n) is 10.0. The number of hydrogen-bond acceptors (Lipinski definition) is 3. The Morgan fingerprint density at radius 3 is 3.12 bits per heavy atom. The van der Waals surface area contributed by atoms with E-state index in [1.165, 1.54) is 18.4 Å². The molecule has 0 spiro atoms. The molecule has 0 aromatic heterocycles. The van der Waals surface area contributed by atoms with Gasteiger partial charge in [0.1, 0.15) is 5.75 Å². The average Bonchev–Trinajstić information content (AvgIpc) is 2.82. The second-order valence-electron chi connectivity index (χ2n) is 4.22. The van der Waals surface area contributed by atoms with Crippen LogP contribution in [0.5, 0.6) is 5.75 Å². The Morgan fingerprint density at radius 2 is 2.41 bits per heavy atom. The molecule has 1 unspecified atom stereocenters. The molecular weight excluding hydrogens is 282 g/mol. The van der Waals surface area contributed by atoms with E-state index in [2.05, 4.69) is 27.3 Å². The number of halogens is 1. The third-order valence-corrected chi connectivity index (χ3v) is 3.45. The highest BCUT2D eigenvalue weighted by Crippen LogP contribution is 2.22. The van der Waals surface area contributed by atoms with Crippen LogP contribution in [-0.2, 0) is 11.3 Å². The first-order chi connectivity index (χ1) is 8.29. The molecule has 1 atom stereocenters. The zero-order valence-corrected chi connectivity index (χ0v) is 11.6. The first kappa shape index (κ1) is 12.9. The van der Waals surface area contributed by atoms with Crippen molar-refractivity contribution >= 4 is 15.9 Å². The van der Waals surface area contributed by atoms with Crippen LogP contribution in [-0.4, -0.2) is 26.4 Å². The lowest BCUT2D eigenvalue weighted by Gasteiger charge is -2.13. The minimum atomic E-state index is 0.383. The first-order valence-corrected chi connectivity index (χ1v) is 6.73. The summed E-state index contributed by atoms with van der Waals surface area (Å²) in [6.45, 7) is 2.63. The van der Waals surface area contributed by atoms with E-state index in [9.17, 15) is 0 Å². The topological polar surface area (TPSA) is 30.5 Å². The van der Waals surface area contributed by atoms with E-state index in [-0.39, 0.29) is 0 Å². The highest BCUT2D eigenvalue weighted by Gasteiger charge is 2.14. The zero-order chi connectivity index (χ0) is 12.1. The molecule has 2 rings (SSSR count). The third kappa shape index (κ3) is 3.69. The number of hydrogen-bond donors (Lipinski definition) is 1. The van der Waals surface area contributed by atoms with Crippen molar-refractivity contribution in [3.05, 3.63) is 28.2 Å². The molecular formula is C13H18BrNO2. The van der Waals surface area contributed by atoms with Gasteiger partial charge in [-0.2, -0.15) is 0 Å². The van der Waals surface area contributed by atoms with Crippen LogP contribution in [0.25, 0.3) is 0 Å². The lowest BCUT2D eigenvalue weighted by atomic mass is 10.2. The summed E-state index contributed by atoms with van der Waals surface area (Å²) in [4.78, 5) is 0. The van der Waals surface area contributed by atoms with E-state index in [0.717, 1.165) is 29.9 Å². The van der Waals surface area contributed by atoms with Gasteiger partial charge in [0.2, 0.25) is 0 Å². The number of methoxy groups -OCH3 is 1. The van der Waals surface area contributed by atoms with Crippen LogP contribution in [0.2, 0.25) is 0 Å². The van der Waals surface area contributed by atoms with Gasteiger partial charge in [0.15, 0.2) is 0 Å². The standard InChI is InChI=1S/C13H18BrNO2/c1-16-13-5-4-11(14)7-10(13)8-15-9-12-3-2-6-17-12/h4-5,7,12,15H,2-3,6,8-9H2,1H3. The molecule has 1 aromatic carbocycles. The van der Waals surface area contributed by atoms with Crippen LogP contribution in [0.3, 0.4) is 0 Å². The normalized spacial score (nSPS) is 19.5. The van der Waals surface area contributed by atoms with Gasteiger partial charge in [-0.05, 0) is 31.0 Å². The van der Waals surface area contributed by atoms with Gasteiger partial charge >= 0.3 is 0 Å². The van der Waals surface area contributed by atoms with Crippen molar-refractivity contribution in [1.82, 2.24) is 5.32 Å². The molecule has 1 fully saturated rings. The fourth-order valence-electron chi connectivity index (χ4n) is 2.06. The van der Waals surface area contributed by atoms with Gasteiger partial charge in [-0.25, -0.2) is 0 Å². The van der Waals surface area contributed by atoms with Crippen molar-refractivity contribution in [2.24, 2.45) is 0 Å². The summed E-state index contributed by atoms with van der Waals surface area (Å²) in [6, 6.07) is 6.05. The maximum Gasteiger partial charge on any atom is 0.123 e. The number of rotatable bonds is 5. The minimum Gasteiger partial charge on any atom is -0.496 e. The number of nitrogens with one attached hydrogen (secondary N) is 1. The molecule has 1 aromatic rings. The van der Waals surface area contributed by atoms with E-state index in [4.69, 9.17) is 9.47 Å². The van der Waals surface area contributed by atoms with Gasteiger partial charge in [-0.3, -0.25) is 0 Å². The second-order valence-corrected chi connectivity index (χ2v) is 5.14. The predicted molar refractivity (Wildman–Crippen MR) is 71.4 cm³/mol. The average molecular weight is 300 g/mol. The highest BCUT2D eigenvalue weighted by molar-refractivity contribution is 9.10. The molecule has 1 aliphatic rings. The Bertz CT molecular complexity index is 364. The van der Waals surface area contributed by atoms with E-state index in [1.54, 1.807) is 7.11 Å². The monoisotopic (exact) mass is 299 g/mol. The molecule has 1 saturated heterocycles. The smallest absolute Gasteiger partial charge is 0.123 e. The molecule has 4 heteroatoms. The Hall–Kier alpha value is -0.580. The molecule has 94 valence electrons. The molecule has 1 N–H and O–H groups in total. The maximum absolute atomic E-state index is 5.57. The van der Waals surface area contributed by atoms with E-state index >= 15 is 0 Å².